The SMILES string of the molecule is COc1ccc2c(c1)CC(C(=O)NC1CCC(N)CC1)CO2. The molecule has 0 radical (unpaired) electrons. The smallest absolute Gasteiger partial charge is 0.227 e. The molecule has 1 aliphatic heterocycles. The van der Waals surface area contributed by atoms with Crippen LogP contribution >= 0.6 is 0 Å². The van der Waals surface area contributed by atoms with Crippen LogP contribution in [-0.4, -0.2) is 31.7 Å². The third-order valence-electron chi connectivity index (χ3n) is 4.66. The van der Waals surface area contributed by atoms with Crippen LogP contribution in [0.5, 0.6) is 11.5 Å². The van der Waals surface area contributed by atoms with Gasteiger partial charge in [-0.2, -0.15) is 0 Å². The van der Waals surface area contributed by atoms with Gasteiger partial charge in [-0.15, -0.1) is 0 Å². The molecule has 3 N–H and O–H groups in total. The fourth-order valence-corrected chi connectivity index (χ4v) is 3.25. The predicted octanol–water partition coefficient (Wildman–Crippen LogP) is 1.63. The first-order chi connectivity index (χ1) is 10.7. The van der Waals surface area contributed by atoms with E-state index in [0.29, 0.717) is 19.1 Å². The third kappa shape index (κ3) is 3.35. The molecular weight excluding hydrogens is 280 g/mol. The van der Waals surface area contributed by atoms with Crippen molar-refractivity contribution in [3.05, 3.63) is 23.8 Å². The van der Waals surface area contributed by atoms with Crippen molar-refractivity contribution in [2.75, 3.05) is 13.7 Å². The minimum atomic E-state index is -0.129. The normalized spacial score (nSPS) is 27.5. The molecule has 1 aromatic carbocycles. The molecule has 0 aromatic heterocycles. The van der Waals surface area contributed by atoms with Crippen LogP contribution in [0.25, 0.3) is 0 Å². The molecule has 0 spiro atoms. The van der Waals surface area contributed by atoms with Crippen LogP contribution in [0.15, 0.2) is 18.2 Å². The van der Waals surface area contributed by atoms with Crippen LogP contribution < -0.4 is 20.5 Å². The van der Waals surface area contributed by atoms with Gasteiger partial charge in [-0.25, -0.2) is 0 Å². The van der Waals surface area contributed by atoms with Crippen molar-refractivity contribution in [3.8, 4) is 11.5 Å². The average Bonchev–Trinajstić information content (AvgIpc) is 2.55. The zero-order valence-electron chi connectivity index (χ0n) is 13.0. The number of carbonyl (C=O) groups excluding carboxylic acids is 1. The average molecular weight is 304 g/mol. The standard InChI is InChI=1S/C17H24N2O3/c1-21-15-6-7-16-11(9-15)8-12(10-22-16)17(20)19-14-4-2-13(18)3-5-14/h6-7,9,12-14H,2-5,8,10,18H2,1H3,(H,19,20). The number of methoxy groups -OCH3 is 1. The highest BCUT2D eigenvalue weighted by atomic mass is 16.5. The number of rotatable bonds is 3. The van der Waals surface area contributed by atoms with Gasteiger partial charge in [-0.3, -0.25) is 4.79 Å². The van der Waals surface area contributed by atoms with Crippen LogP contribution in [0.3, 0.4) is 0 Å². The van der Waals surface area contributed by atoms with Gasteiger partial charge in [0.1, 0.15) is 18.1 Å². The van der Waals surface area contributed by atoms with E-state index >= 15 is 0 Å². The zero-order chi connectivity index (χ0) is 15.5. The zero-order valence-corrected chi connectivity index (χ0v) is 13.0. The number of hydrogen-bond acceptors (Lipinski definition) is 4. The van der Waals surface area contributed by atoms with Crippen molar-refractivity contribution in [1.29, 1.82) is 0 Å². The maximum Gasteiger partial charge on any atom is 0.227 e. The van der Waals surface area contributed by atoms with Crippen molar-refractivity contribution < 1.29 is 14.3 Å². The molecule has 3 rings (SSSR count). The Morgan fingerprint density at radius 1 is 1.32 bits per heavy atom. The fourth-order valence-electron chi connectivity index (χ4n) is 3.25. The summed E-state index contributed by atoms with van der Waals surface area (Å²) in [4.78, 5) is 12.5. The van der Waals surface area contributed by atoms with Gasteiger partial charge in [-0.1, -0.05) is 0 Å². The van der Waals surface area contributed by atoms with E-state index in [-0.39, 0.29) is 17.9 Å². The van der Waals surface area contributed by atoms with E-state index in [2.05, 4.69) is 5.32 Å². The molecule has 1 atom stereocenters. The van der Waals surface area contributed by atoms with E-state index in [1.54, 1.807) is 7.11 Å². The Balaban J connectivity index is 1.60. The monoisotopic (exact) mass is 304 g/mol. The molecule has 1 heterocycles. The van der Waals surface area contributed by atoms with Crippen LogP contribution in [0.2, 0.25) is 0 Å². The van der Waals surface area contributed by atoms with Crippen molar-refractivity contribution in [3.63, 3.8) is 0 Å². The second-order valence-electron chi connectivity index (χ2n) is 6.31. The van der Waals surface area contributed by atoms with E-state index in [0.717, 1.165) is 42.7 Å². The van der Waals surface area contributed by atoms with Crippen molar-refractivity contribution in [1.82, 2.24) is 5.32 Å². The van der Waals surface area contributed by atoms with Crippen molar-refractivity contribution in [2.45, 2.75) is 44.2 Å². The summed E-state index contributed by atoms with van der Waals surface area (Å²) in [6, 6.07) is 6.30. The van der Waals surface area contributed by atoms with Crippen molar-refractivity contribution >= 4 is 5.91 Å². The first-order valence-corrected chi connectivity index (χ1v) is 8.01. The summed E-state index contributed by atoms with van der Waals surface area (Å²) < 4.78 is 11.0. The number of benzene rings is 1. The number of carbonyl (C=O) groups is 1. The van der Waals surface area contributed by atoms with E-state index < -0.39 is 0 Å². The Morgan fingerprint density at radius 3 is 2.82 bits per heavy atom. The molecule has 1 amide bonds. The minimum Gasteiger partial charge on any atom is -0.497 e. The molecule has 0 bridgehead atoms. The van der Waals surface area contributed by atoms with Crippen LogP contribution in [0.1, 0.15) is 31.2 Å². The maximum absolute atomic E-state index is 12.5. The van der Waals surface area contributed by atoms with Gasteiger partial charge in [0.05, 0.1) is 13.0 Å². The molecule has 1 aliphatic carbocycles. The molecule has 1 unspecified atom stereocenters. The maximum atomic E-state index is 12.5. The summed E-state index contributed by atoms with van der Waals surface area (Å²) in [6.45, 7) is 0.442. The van der Waals surface area contributed by atoms with E-state index in [4.69, 9.17) is 15.2 Å². The van der Waals surface area contributed by atoms with Crippen molar-refractivity contribution in [2.24, 2.45) is 11.7 Å². The molecule has 5 nitrogen and oxygen atoms in total. The molecule has 1 aromatic rings. The molecule has 1 fully saturated rings. The lowest BCUT2D eigenvalue weighted by molar-refractivity contribution is -0.127. The molecular formula is C17H24N2O3. The first kappa shape index (κ1) is 15.2. The van der Waals surface area contributed by atoms with E-state index in [1.807, 2.05) is 18.2 Å². The molecule has 120 valence electrons. The summed E-state index contributed by atoms with van der Waals surface area (Å²) in [6.07, 6.45) is 4.64. The fraction of sp³-hybridized carbons (Fsp3) is 0.588. The molecule has 2 aliphatic rings. The van der Waals surface area contributed by atoms with Gasteiger partial charge in [0.2, 0.25) is 5.91 Å². The highest BCUT2D eigenvalue weighted by Crippen LogP contribution is 2.31. The summed E-state index contributed by atoms with van der Waals surface area (Å²) >= 11 is 0. The lowest BCUT2D eigenvalue weighted by atomic mass is 9.90. The number of nitrogens with two attached hydrogens (primary N) is 1. The quantitative estimate of drug-likeness (QED) is 0.890. The number of hydrogen-bond donors (Lipinski definition) is 2. The Morgan fingerprint density at radius 2 is 2.09 bits per heavy atom. The lowest BCUT2D eigenvalue weighted by Gasteiger charge is -2.30. The van der Waals surface area contributed by atoms with Crippen LogP contribution in [0, 0.1) is 5.92 Å². The third-order valence-corrected chi connectivity index (χ3v) is 4.66. The topological polar surface area (TPSA) is 73.6 Å². The Labute approximate surface area is 131 Å². The number of fused-ring (bicyclic) bond motifs is 1. The molecule has 5 heteroatoms. The summed E-state index contributed by atoms with van der Waals surface area (Å²) in [5.41, 5.74) is 6.94. The van der Waals surface area contributed by atoms with Gasteiger partial charge >= 0.3 is 0 Å². The van der Waals surface area contributed by atoms with E-state index in [1.165, 1.54) is 0 Å². The highest BCUT2D eigenvalue weighted by molar-refractivity contribution is 5.80. The summed E-state index contributed by atoms with van der Waals surface area (Å²) in [7, 11) is 1.64. The number of amides is 1. The Kier molecular flexibility index (Phi) is 4.52. The van der Waals surface area contributed by atoms with Gasteiger partial charge in [0.25, 0.3) is 0 Å². The van der Waals surface area contributed by atoms with E-state index in [9.17, 15) is 4.79 Å². The lowest BCUT2D eigenvalue weighted by Crippen LogP contribution is -2.45. The highest BCUT2D eigenvalue weighted by Gasteiger charge is 2.28. The van der Waals surface area contributed by atoms with Crippen LogP contribution in [-0.2, 0) is 11.2 Å². The Hall–Kier alpha value is -1.75. The van der Waals surface area contributed by atoms with Gasteiger partial charge in [-0.05, 0) is 55.9 Å². The predicted molar refractivity (Wildman–Crippen MR) is 84.1 cm³/mol. The number of nitrogens with one attached hydrogen (secondary N) is 1. The second kappa shape index (κ2) is 6.57. The van der Waals surface area contributed by atoms with Crippen LogP contribution in [0.4, 0.5) is 0 Å². The summed E-state index contributed by atoms with van der Waals surface area (Å²) in [5.74, 6) is 1.61. The Bertz CT molecular complexity index is 539. The van der Waals surface area contributed by atoms with Gasteiger partial charge < -0.3 is 20.5 Å². The molecule has 22 heavy (non-hydrogen) atoms. The largest absolute Gasteiger partial charge is 0.497 e. The first-order valence-electron chi connectivity index (χ1n) is 8.01. The van der Waals surface area contributed by atoms with Gasteiger partial charge in [0, 0.05) is 12.1 Å². The molecule has 0 saturated heterocycles. The van der Waals surface area contributed by atoms with Gasteiger partial charge in [0.15, 0.2) is 0 Å². The number of ether oxygens (including phenoxy) is 2. The second-order valence-corrected chi connectivity index (χ2v) is 6.31. The molecule has 1 saturated carbocycles. The summed E-state index contributed by atoms with van der Waals surface area (Å²) in [5, 5.41) is 3.16. The minimum absolute atomic E-state index is 0.0916.